The van der Waals surface area contributed by atoms with Gasteiger partial charge in [0, 0.05) is 31.0 Å². The molecule has 8 heteroatoms. The number of carbonyl (C=O) groups is 1. The van der Waals surface area contributed by atoms with Crippen LogP contribution in [-0.4, -0.2) is 26.3 Å². The number of hydrogen-bond acceptors (Lipinski definition) is 3. The molecular formula is C27H28Cl3IN2O2. The fraction of sp³-hybridized carbons (Fsp3) is 0.407. The van der Waals surface area contributed by atoms with Crippen LogP contribution in [0.1, 0.15) is 50.2 Å². The van der Waals surface area contributed by atoms with Gasteiger partial charge in [0.2, 0.25) is 0 Å². The van der Waals surface area contributed by atoms with E-state index in [4.69, 9.17) is 44.6 Å². The number of alkyl halides is 1. The average Bonchev–Trinajstić information content (AvgIpc) is 3.22. The van der Waals surface area contributed by atoms with Crippen LogP contribution in [0.15, 0.2) is 42.5 Å². The Kier molecular flexibility index (Phi) is 7.56. The van der Waals surface area contributed by atoms with Gasteiger partial charge in [-0.25, -0.2) is 9.48 Å². The van der Waals surface area contributed by atoms with Gasteiger partial charge in [0.1, 0.15) is 6.10 Å². The minimum atomic E-state index is -0.424. The van der Waals surface area contributed by atoms with Crippen molar-refractivity contribution in [3.05, 3.63) is 68.8 Å². The molecular weight excluding hydrogens is 618 g/mol. The number of esters is 1. The molecule has 1 aliphatic rings. The van der Waals surface area contributed by atoms with Crippen LogP contribution < -0.4 is 0 Å². The molecule has 4 rings (SSSR count). The van der Waals surface area contributed by atoms with Crippen LogP contribution in [0.3, 0.4) is 0 Å². The number of nitrogens with zero attached hydrogens (tertiary/aromatic N) is 2. The summed E-state index contributed by atoms with van der Waals surface area (Å²) in [6.45, 7) is 10.9. The van der Waals surface area contributed by atoms with Crippen LogP contribution >= 0.6 is 57.4 Å². The van der Waals surface area contributed by atoms with Crippen LogP contribution in [0, 0.1) is 23.7 Å². The molecule has 4 nitrogen and oxygen atoms in total. The maximum absolute atomic E-state index is 13.6. The molecule has 0 saturated heterocycles. The Morgan fingerprint density at radius 2 is 1.74 bits per heavy atom. The molecule has 1 fully saturated rings. The lowest BCUT2D eigenvalue weighted by Gasteiger charge is -2.42. The summed E-state index contributed by atoms with van der Waals surface area (Å²) in [7, 11) is 0. The van der Waals surface area contributed by atoms with E-state index in [1.54, 1.807) is 22.9 Å². The predicted octanol–water partition coefficient (Wildman–Crippen LogP) is 8.84. The van der Waals surface area contributed by atoms with Gasteiger partial charge in [-0.15, -0.1) is 0 Å². The number of hydrogen-bond donors (Lipinski definition) is 0. The third-order valence-electron chi connectivity index (χ3n) is 8.08. The van der Waals surface area contributed by atoms with E-state index in [9.17, 15) is 4.79 Å². The van der Waals surface area contributed by atoms with Crippen LogP contribution in [0.25, 0.3) is 16.9 Å². The van der Waals surface area contributed by atoms with E-state index in [0.29, 0.717) is 32.2 Å². The van der Waals surface area contributed by atoms with E-state index in [1.165, 1.54) is 0 Å². The van der Waals surface area contributed by atoms with E-state index >= 15 is 0 Å². The van der Waals surface area contributed by atoms with Crippen molar-refractivity contribution in [2.24, 2.45) is 16.7 Å². The predicted molar refractivity (Wildman–Crippen MR) is 153 cm³/mol. The van der Waals surface area contributed by atoms with Crippen LogP contribution in [-0.2, 0) is 4.74 Å². The maximum Gasteiger partial charge on any atom is 0.359 e. The van der Waals surface area contributed by atoms with Gasteiger partial charge < -0.3 is 4.74 Å². The molecule has 186 valence electrons. The Morgan fingerprint density at radius 1 is 1.11 bits per heavy atom. The van der Waals surface area contributed by atoms with Gasteiger partial charge in [-0.2, -0.15) is 5.10 Å². The minimum absolute atomic E-state index is 0.0405. The number of rotatable bonds is 5. The third-order valence-corrected chi connectivity index (χ3v) is 10.5. The zero-order valence-electron chi connectivity index (χ0n) is 20.3. The largest absolute Gasteiger partial charge is 0.457 e. The lowest BCUT2D eigenvalue weighted by Crippen LogP contribution is -2.42. The Bertz CT molecular complexity index is 1270. The van der Waals surface area contributed by atoms with Gasteiger partial charge in [-0.3, -0.25) is 0 Å². The van der Waals surface area contributed by atoms with Crippen molar-refractivity contribution in [2.45, 2.75) is 47.1 Å². The van der Waals surface area contributed by atoms with Gasteiger partial charge in [0.05, 0.1) is 16.4 Å². The standard InChI is InChI=1S/C27H28Cl3IN2O2/c1-15-12-22(27(5,14-31)26(15,3)4)35-25(34)23-16(2)24(17-6-8-18(28)9-7-17)33(32-23)21-11-10-19(29)13-20(21)30/h6-11,13,15,22H,12,14H2,1-5H3. The fourth-order valence-corrected chi connectivity index (χ4v) is 7.03. The molecule has 0 spiro atoms. The summed E-state index contributed by atoms with van der Waals surface area (Å²) < 4.78 is 8.78. The first-order chi connectivity index (χ1) is 16.4. The Morgan fingerprint density at radius 3 is 2.34 bits per heavy atom. The summed E-state index contributed by atoms with van der Waals surface area (Å²) in [5.74, 6) is 0.00347. The molecule has 3 atom stereocenters. The lowest BCUT2D eigenvalue weighted by molar-refractivity contribution is -0.0170. The van der Waals surface area contributed by atoms with Crippen molar-refractivity contribution in [1.82, 2.24) is 9.78 Å². The average molecular weight is 646 g/mol. The van der Waals surface area contributed by atoms with Crippen molar-refractivity contribution in [3.8, 4) is 16.9 Å². The van der Waals surface area contributed by atoms with Gasteiger partial charge in [-0.05, 0) is 55.0 Å². The zero-order valence-corrected chi connectivity index (χ0v) is 24.8. The highest BCUT2D eigenvalue weighted by atomic mass is 127. The smallest absolute Gasteiger partial charge is 0.359 e. The molecule has 35 heavy (non-hydrogen) atoms. The SMILES string of the molecule is Cc1c(C(=O)OC2CC(C)C(C)(C)C2(C)CI)nn(-c2ccc(Cl)cc2Cl)c1-c1ccc(Cl)cc1. The van der Waals surface area contributed by atoms with Crippen LogP contribution in [0.4, 0.5) is 0 Å². The summed E-state index contributed by atoms with van der Waals surface area (Å²) in [4.78, 5) is 13.6. The summed E-state index contributed by atoms with van der Waals surface area (Å²) in [6.07, 6.45) is 0.630. The van der Waals surface area contributed by atoms with Gasteiger partial charge >= 0.3 is 5.97 Å². The first kappa shape index (κ1) is 26.8. The van der Waals surface area contributed by atoms with Crippen molar-refractivity contribution in [2.75, 3.05) is 4.43 Å². The summed E-state index contributed by atoms with van der Waals surface area (Å²) >= 11 is 21.2. The number of ether oxygens (including phenoxy) is 1. The molecule has 1 heterocycles. The minimum Gasteiger partial charge on any atom is -0.457 e. The van der Waals surface area contributed by atoms with Crippen LogP contribution in [0.2, 0.25) is 15.1 Å². The molecule has 2 aromatic carbocycles. The van der Waals surface area contributed by atoms with E-state index in [0.717, 1.165) is 22.1 Å². The molecule has 1 aliphatic carbocycles. The maximum atomic E-state index is 13.6. The highest BCUT2D eigenvalue weighted by Gasteiger charge is 2.57. The monoisotopic (exact) mass is 644 g/mol. The van der Waals surface area contributed by atoms with Crippen LogP contribution in [0.5, 0.6) is 0 Å². The Labute approximate surface area is 235 Å². The second-order valence-corrected chi connectivity index (χ2v) is 12.2. The highest BCUT2D eigenvalue weighted by Crippen LogP contribution is 2.57. The molecule has 1 saturated carbocycles. The normalized spacial score (nSPS) is 23.5. The Hall–Kier alpha value is -1.28. The number of carbonyl (C=O) groups excluding carboxylic acids is 1. The van der Waals surface area contributed by atoms with Crippen molar-refractivity contribution in [3.63, 3.8) is 0 Å². The molecule has 0 aliphatic heterocycles. The number of aromatic nitrogens is 2. The Balaban J connectivity index is 1.80. The molecule has 0 bridgehead atoms. The number of halogens is 4. The fourth-order valence-electron chi connectivity index (χ4n) is 4.94. The summed E-state index contributed by atoms with van der Waals surface area (Å²) in [5, 5.41) is 6.29. The quantitative estimate of drug-likeness (QED) is 0.158. The van der Waals surface area contributed by atoms with Crippen molar-refractivity contribution in [1.29, 1.82) is 0 Å². The molecule has 3 unspecified atom stereocenters. The molecule has 3 aromatic rings. The van der Waals surface area contributed by atoms with E-state index < -0.39 is 5.97 Å². The first-order valence-electron chi connectivity index (χ1n) is 11.5. The van der Waals surface area contributed by atoms with E-state index in [-0.39, 0.29) is 22.6 Å². The van der Waals surface area contributed by atoms with Gasteiger partial charge in [-0.1, -0.05) is 97.2 Å². The molecule has 1 aromatic heterocycles. The lowest BCUT2D eigenvalue weighted by atomic mass is 9.67. The highest BCUT2D eigenvalue weighted by molar-refractivity contribution is 14.1. The van der Waals surface area contributed by atoms with Crippen molar-refractivity contribution >= 4 is 63.4 Å². The van der Waals surface area contributed by atoms with Gasteiger partial charge in [0.25, 0.3) is 0 Å². The summed E-state index contributed by atoms with van der Waals surface area (Å²) in [6, 6.07) is 12.6. The first-order valence-corrected chi connectivity index (χ1v) is 14.1. The molecule has 0 radical (unpaired) electrons. The summed E-state index contributed by atoms with van der Waals surface area (Å²) in [5.41, 5.74) is 3.11. The second-order valence-electron chi connectivity index (χ2n) is 10.1. The molecule has 0 amide bonds. The number of benzene rings is 2. The second kappa shape index (κ2) is 9.88. The topological polar surface area (TPSA) is 44.1 Å². The van der Waals surface area contributed by atoms with E-state index in [1.807, 2.05) is 31.2 Å². The van der Waals surface area contributed by atoms with E-state index in [2.05, 4.69) is 50.3 Å². The van der Waals surface area contributed by atoms with Gasteiger partial charge in [0.15, 0.2) is 5.69 Å². The third kappa shape index (κ3) is 4.62. The molecule has 0 N–H and O–H groups in total. The van der Waals surface area contributed by atoms with Crippen molar-refractivity contribution < 1.29 is 9.53 Å². The zero-order chi connectivity index (χ0) is 25.7.